The van der Waals surface area contributed by atoms with Crippen LogP contribution in [0.4, 0.5) is 0 Å². The van der Waals surface area contributed by atoms with Gasteiger partial charge in [0.2, 0.25) is 0 Å². The number of rotatable bonds is 5. The number of thioether (sulfide) groups is 1. The first-order valence-corrected chi connectivity index (χ1v) is 9.05. The normalized spacial score (nSPS) is 17.3. The number of aryl methyl sites for hydroxylation is 1. The summed E-state index contributed by atoms with van der Waals surface area (Å²) in [6, 6.07) is 4.05. The van der Waals surface area contributed by atoms with E-state index in [1.54, 1.807) is 11.8 Å². The van der Waals surface area contributed by atoms with E-state index in [2.05, 4.69) is 26.1 Å². The zero-order chi connectivity index (χ0) is 16.2. The SMILES string of the molecule is Cc1cc(CC(Sc2ncn[nH]2)N2CCOCC2)cc(Cl)c1Cl. The molecule has 0 bridgehead atoms. The lowest BCUT2D eigenvalue weighted by atomic mass is 10.1. The van der Waals surface area contributed by atoms with Crippen molar-refractivity contribution in [3.8, 4) is 0 Å². The molecule has 1 atom stereocenters. The Hall–Kier alpha value is -0.790. The predicted octanol–water partition coefficient (Wildman–Crippen LogP) is 3.41. The largest absolute Gasteiger partial charge is 0.379 e. The van der Waals surface area contributed by atoms with Crippen LogP contribution in [0.15, 0.2) is 23.6 Å². The zero-order valence-corrected chi connectivity index (χ0v) is 15.1. The van der Waals surface area contributed by atoms with Gasteiger partial charge >= 0.3 is 0 Å². The van der Waals surface area contributed by atoms with Gasteiger partial charge in [-0.05, 0) is 30.5 Å². The highest BCUT2D eigenvalue weighted by molar-refractivity contribution is 7.99. The first kappa shape index (κ1) is 17.0. The molecule has 2 heterocycles. The molecule has 124 valence electrons. The first-order valence-electron chi connectivity index (χ1n) is 7.42. The van der Waals surface area contributed by atoms with Crippen molar-refractivity contribution in [3.05, 3.63) is 39.6 Å². The number of halogens is 2. The van der Waals surface area contributed by atoms with Gasteiger partial charge in [0.05, 0.1) is 28.6 Å². The van der Waals surface area contributed by atoms with E-state index >= 15 is 0 Å². The van der Waals surface area contributed by atoms with Crippen LogP contribution in [0.3, 0.4) is 0 Å². The second kappa shape index (κ2) is 7.85. The smallest absolute Gasteiger partial charge is 0.184 e. The highest BCUT2D eigenvalue weighted by Crippen LogP contribution is 2.31. The van der Waals surface area contributed by atoms with Crippen molar-refractivity contribution in [3.63, 3.8) is 0 Å². The van der Waals surface area contributed by atoms with Gasteiger partial charge in [0, 0.05) is 13.1 Å². The Morgan fingerprint density at radius 1 is 1.35 bits per heavy atom. The van der Waals surface area contributed by atoms with Gasteiger partial charge in [0.25, 0.3) is 0 Å². The van der Waals surface area contributed by atoms with Gasteiger partial charge in [-0.2, -0.15) is 5.10 Å². The summed E-state index contributed by atoms with van der Waals surface area (Å²) in [7, 11) is 0. The maximum atomic E-state index is 6.23. The molecule has 3 rings (SSSR count). The molecule has 1 aliphatic rings. The molecule has 0 spiro atoms. The van der Waals surface area contributed by atoms with Crippen molar-refractivity contribution in [1.29, 1.82) is 0 Å². The molecule has 1 aromatic heterocycles. The Balaban J connectivity index is 1.79. The average Bonchev–Trinajstić information content (AvgIpc) is 3.06. The van der Waals surface area contributed by atoms with Crippen molar-refractivity contribution in [2.75, 3.05) is 26.3 Å². The molecule has 1 N–H and O–H groups in total. The van der Waals surface area contributed by atoms with Crippen LogP contribution < -0.4 is 0 Å². The molecule has 1 unspecified atom stereocenters. The fourth-order valence-corrected chi connectivity index (χ4v) is 4.11. The van der Waals surface area contributed by atoms with E-state index in [9.17, 15) is 0 Å². The second-order valence-corrected chi connectivity index (χ2v) is 7.38. The van der Waals surface area contributed by atoms with Crippen LogP contribution in [0.25, 0.3) is 0 Å². The lowest BCUT2D eigenvalue weighted by molar-refractivity contribution is 0.0326. The van der Waals surface area contributed by atoms with E-state index in [0.29, 0.717) is 10.0 Å². The summed E-state index contributed by atoms with van der Waals surface area (Å²) in [5.41, 5.74) is 2.17. The molecule has 1 aromatic carbocycles. The number of benzene rings is 1. The number of ether oxygens (including phenoxy) is 1. The summed E-state index contributed by atoms with van der Waals surface area (Å²) in [6.07, 6.45) is 2.38. The molecular weight excluding hydrogens is 355 g/mol. The summed E-state index contributed by atoms with van der Waals surface area (Å²) < 4.78 is 5.46. The van der Waals surface area contributed by atoms with E-state index < -0.39 is 0 Å². The molecule has 23 heavy (non-hydrogen) atoms. The molecule has 5 nitrogen and oxygen atoms in total. The molecule has 1 fully saturated rings. The van der Waals surface area contributed by atoms with Crippen LogP contribution >= 0.6 is 35.0 Å². The number of hydrogen-bond acceptors (Lipinski definition) is 5. The molecule has 0 amide bonds. The Morgan fingerprint density at radius 2 is 2.13 bits per heavy atom. The van der Waals surface area contributed by atoms with E-state index in [-0.39, 0.29) is 5.37 Å². The molecular formula is C15H18Cl2N4OS. The van der Waals surface area contributed by atoms with Crippen molar-refractivity contribution < 1.29 is 4.74 Å². The Labute approximate surface area is 149 Å². The maximum Gasteiger partial charge on any atom is 0.184 e. The lowest BCUT2D eigenvalue weighted by Gasteiger charge is -2.33. The van der Waals surface area contributed by atoms with Gasteiger partial charge in [-0.15, -0.1) is 0 Å². The topological polar surface area (TPSA) is 54.0 Å². The van der Waals surface area contributed by atoms with Gasteiger partial charge in [-0.1, -0.05) is 41.0 Å². The summed E-state index contributed by atoms with van der Waals surface area (Å²) in [6.45, 7) is 5.31. The molecule has 2 aromatic rings. The van der Waals surface area contributed by atoms with Crippen molar-refractivity contribution in [1.82, 2.24) is 20.1 Å². The van der Waals surface area contributed by atoms with E-state index in [1.807, 2.05) is 13.0 Å². The average molecular weight is 373 g/mol. The van der Waals surface area contributed by atoms with Crippen LogP contribution in [-0.4, -0.2) is 51.8 Å². The molecule has 1 aliphatic heterocycles. The van der Waals surface area contributed by atoms with E-state index in [1.165, 1.54) is 11.9 Å². The fraction of sp³-hybridized carbons (Fsp3) is 0.467. The summed E-state index contributed by atoms with van der Waals surface area (Å²) >= 11 is 14.1. The quantitative estimate of drug-likeness (QED) is 0.814. The number of nitrogens with one attached hydrogen (secondary N) is 1. The van der Waals surface area contributed by atoms with E-state index in [4.69, 9.17) is 27.9 Å². The zero-order valence-electron chi connectivity index (χ0n) is 12.8. The number of aromatic nitrogens is 3. The molecule has 0 saturated carbocycles. The standard InChI is InChI=1S/C15H18Cl2N4OS/c1-10-6-11(7-12(16)14(10)17)8-13(21-2-4-22-5-3-21)23-15-18-9-19-20-15/h6-7,9,13H,2-5,8H2,1H3,(H,18,19,20). The summed E-state index contributed by atoms with van der Waals surface area (Å²) in [4.78, 5) is 6.64. The molecule has 0 radical (unpaired) electrons. The third-order valence-corrected chi connectivity index (χ3v) is 5.83. The first-order chi connectivity index (χ1) is 11.1. The highest BCUT2D eigenvalue weighted by Gasteiger charge is 2.24. The Morgan fingerprint density at radius 3 is 2.78 bits per heavy atom. The molecule has 0 aliphatic carbocycles. The number of morpholine rings is 1. The number of nitrogens with zero attached hydrogens (tertiary/aromatic N) is 3. The third kappa shape index (κ3) is 4.39. The minimum atomic E-state index is 0.239. The monoisotopic (exact) mass is 372 g/mol. The number of hydrogen-bond donors (Lipinski definition) is 1. The van der Waals surface area contributed by atoms with Crippen LogP contribution in [0.1, 0.15) is 11.1 Å². The summed E-state index contributed by atoms with van der Waals surface area (Å²) in [5.74, 6) is 0. The van der Waals surface area contributed by atoms with Crippen LogP contribution in [0.2, 0.25) is 10.0 Å². The van der Waals surface area contributed by atoms with Crippen molar-refractivity contribution in [2.24, 2.45) is 0 Å². The molecule has 8 heteroatoms. The minimum absolute atomic E-state index is 0.239. The maximum absolute atomic E-state index is 6.23. The molecule has 1 saturated heterocycles. The summed E-state index contributed by atoms with van der Waals surface area (Å²) in [5, 5.41) is 9.14. The Kier molecular flexibility index (Phi) is 5.82. The van der Waals surface area contributed by atoms with Gasteiger partial charge in [0.1, 0.15) is 6.33 Å². The number of aromatic amines is 1. The highest BCUT2D eigenvalue weighted by atomic mass is 35.5. The van der Waals surface area contributed by atoms with Gasteiger partial charge in [-0.25, -0.2) is 4.98 Å². The second-order valence-electron chi connectivity index (χ2n) is 5.42. The minimum Gasteiger partial charge on any atom is -0.379 e. The van der Waals surface area contributed by atoms with Gasteiger partial charge in [-0.3, -0.25) is 10.00 Å². The predicted molar refractivity (Wildman–Crippen MR) is 93.3 cm³/mol. The van der Waals surface area contributed by atoms with Crippen LogP contribution in [0, 0.1) is 6.92 Å². The fourth-order valence-electron chi connectivity index (χ4n) is 2.61. The van der Waals surface area contributed by atoms with Gasteiger partial charge in [0.15, 0.2) is 5.16 Å². The van der Waals surface area contributed by atoms with Crippen molar-refractivity contribution in [2.45, 2.75) is 23.9 Å². The lowest BCUT2D eigenvalue weighted by Crippen LogP contribution is -2.43. The number of H-pyrrole nitrogens is 1. The Bertz CT molecular complexity index is 624. The van der Waals surface area contributed by atoms with Crippen molar-refractivity contribution >= 4 is 35.0 Å². The third-order valence-electron chi connectivity index (χ3n) is 3.77. The van der Waals surface area contributed by atoms with Crippen LogP contribution in [0.5, 0.6) is 0 Å². The van der Waals surface area contributed by atoms with E-state index in [0.717, 1.165) is 43.4 Å². The van der Waals surface area contributed by atoms with Gasteiger partial charge < -0.3 is 4.74 Å². The van der Waals surface area contributed by atoms with Crippen LogP contribution in [-0.2, 0) is 11.2 Å².